The molecule has 0 aliphatic carbocycles. The van der Waals surface area contributed by atoms with E-state index in [0.717, 1.165) is 17.2 Å². The van der Waals surface area contributed by atoms with Crippen LogP contribution in [0.3, 0.4) is 0 Å². The summed E-state index contributed by atoms with van der Waals surface area (Å²) in [6.45, 7) is 0. The summed E-state index contributed by atoms with van der Waals surface area (Å²) in [6, 6.07) is 22.6. The molecule has 0 saturated heterocycles. The first kappa shape index (κ1) is 15.7. The third-order valence-electron chi connectivity index (χ3n) is 3.78. The summed E-state index contributed by atoms with van der Waals surface area (Å²) in [5, 5.41) is 12.5. The average Bonchev–Trinajstić information content (AvgIpc) is 2.61. The second-order valence-electron chi connectivity index (χ2n) is 5.39. The molecule has 2 N–H and O–H groups in total. The van der Waals surface area contributed by atoms with Crippen LogP contribution in [0.1, 0.15) is 27.5 Å². The lowest BCUT2D eigenvalue weighted by atomic mass is 9.98. The number of hydrogen-bond acceptors (Lipinski definition) is 2. The minimum absolute atomic E-state index is 0.0354. The number of benzene rings is 3. The van der Waals surface area contributed by atoms with Crippen LogP contribution < -0.4 is 5.32 Å². The highest BCUT2D eigenvalue weighted by atomic mass is 19.1. The van der Waals surface area contributed by atoms with Crippen LogP contribution in [0.15, 0.2) is 78.9 Å². The van der Waals surface area contributed by atoms with Crippen molar-refractivity contribution in [2.75, 3.05) is 5.32 Å². The predicted molar refractivity (Wildman–Crippen MR) is 91.7 cm³/mol. The minimum Gasteiger partial charge on any atom is -0.478 e. The van der Waals surface area contributed by atoms with E-state index in [1.54, 1.807) is 0 Å². The Morgan fingerprint density at radius 2 is 1.42 bits per heavy atom. The molecule has 0 unspecified atom stereocenters. The highest BCUT2D eigenvalue weighted by Gasteiger charge is 2.18. The summed E-state index contributed by atoms with van der Waals surface area (Å²) < 4.78 is 13.6. The van der Waals surface area contributed by atoms with Crippen molar-refractivity contribution in [1.82, 2.24) is 0 Å². The molecule has 0 aromatic heterocycles. The zero-order valence-corrected chi connectivity index (χ0v) is 12.8. The molecule has 0 radical (unpaired) electrons. The van der Waals surface area contributed by atoms with Crippen LogP contribution in [-0.2, 0) is 0 Å². The number of nitrogens with one attached hydrogen (secondary N) is 1. The topological polar surface area (TPSA) is 49.3 Å². The zero-order chi connectivity index (χ0) is 16.9. The maximum atomic E-state index is 13.6. The number of anilines is 1. The van der Waals surface area contributed by atoms with Crippen LogP contribution >= 0.6 is 0 Å². The van der Waals surface area contributed by atoms with E-state index in [2.05, 4.69) is 5.32 Å². The molecule has 0 heterocycles. The minimum atomic E-state index is -1.10. The van der Waals surface area contributed by atoms with Gasteiger partial charge in [0.05, 0.1) is 17.3 Å². The summed E-state index contributed by atoms with van der Waals surface area (Å²) in [4.78, 5) is 11.4. The van der Waals surface area contributed by atoms with Crippen molar-refractivity contribution in [3.63, 3.8) is 0 Å². The lowest BCUT2D eigenvalue weighted by Gasteiger charge is -2.22. The fourth-order valence-electron chi connectivity index (χ4n) is 2.63. The summed E-state index contributed by atoms with van der Waals surface area (Å²) >= 11 is 0. The third-order valence-corrected chi connectivity index (χ3v) is 3.78. The van der Waals surface area contributed by atoms with Crippen LogP contribution in [-0.4, -0.2) is 11.1 Å². The number of aromatic carboxylic acids is 1. The smallest absolute Gasteiger partial charge is 0.337 e. The molecule has 0 aliphatic heterocycles. The monoisotopic (exact) mass is 321 g/mol. The van der Waals surface area contributed by atoms with E-state index < -0.39 is 11.8 Å². The predicted octanol–water partition coefficient (Wildman–Crippen LogP) is 4.73. The lowest BCUT2D eigenvalue weighted by molar-refractivity contribution is 0.0698. The Hall–Kier alpha value is -3.14. The Labute approximate surface area is 139 Å². The molecule has 4 heteroatoms. The number of carboxylic acid groups (broad SMARTS) is 1. The first-order valence-electron chi connectivity index (χ1n) is 7.54. The number of halogens is 1. The molecule has 3 aromatic carbocycles. The molecule has 0 bridgehead atoms. The summed E-state index contributed by atoms with van der Waals surface area (Å²) in [6.07, 6.45) is 0. The van der Waals surface area contributed by atoms with Gasteiger partial charge in [0.1, 0.15) is 5.82 Å². The van der Waals surface area contributed by atoms with Crippen LogP contribution in [0.25, 0.3) is 0 Å². The number of rotatable bonds is 5. The zero-order valence-electron chi connectivity index (χ0n) is 12.8. The van der Waals surface area contributed by atoms with Crippen molar-refractivity contribution in [2.45, 2.75) is 6.04 Å². The molecular formula is C20H16FNO2. The van der Waals surface area contributed by atoms with Gasteiger partial charge in [0.25, 0.3) is 0 Å². The Bertz CT molecular complexity index is 795. The third kappa shape index (κ3) is 3.43. The van der Waals surface area contributed by atoms with Crippen molar-refractivity contribution in [3.8, 4) is 0 Å². The summed E-state index contributed by atoms with van der Waals surface area (Å²) in [5.41, 5.74) is 2.21. The van der Waals surface area contributed by atoms with E-state index >= 15 is 0 Å². The van der Waals surface area contributed by atoms with Gasteiger partial charge in [-0.3, -0.25) is 0 Å². The average molecular weight is 321 g/mol. The second kappa shape index (κ2) is 6.96. The van der Waals surface area contributed by atoms with Gasteiger partial charge in [-0.1, -0.05) is 60.7 Å². The van der Waals surface area contributed by atoms with Gasteiger partial charge in [-0.2, -0.15) is 0 Å². The Morgan fingerprint density at radius 3 is 1.92 bits per heavy atom. The van der Waals surface area contributed by atoms with E-state index in [9.17, 15) is 14.3 Å². The second-order valence-corrected chi connectivity index (χ2v) is 5.39. The first-order chi connectivity index (χ1) is 11.6. The molecule has 3 aromatic rings. The molecule has 0 amide bonds. The summed E-state index contributed by atoms with van der Waals surface area (Å²) in [5.74, 6) is -1.58. The van der Waals surface area contributed by atoms with E-state index in [0.29, 0.717) is 0 Å². The van der Waals surface area contributed by atoms with Gasteiger partial charge in [0, 0.05) is 0 Å². The molecule has 3 rings (SSSR count). The largest absolute Gasteiger partial charge is 0.478 e. The fourth-order valence-corrected chi connectivity index (χ4v) is 2.63. The molecule has 0 saturated carbocycles. The van der Waals surface area contributed by atoms with Gasteiger partial charge in [0.15, 0.2) is 0 Å². The maximum Gasteiger partial charge on any atom is 0.337 e. The summed E-state index contributed by atoms with van der Waals surface area (Å²) in [7, 11) is 0. The van der Waals surface area contributed by atoms with Crippen LogP contribution in [0.2, 0.25) is 0 Å². The van der Waals surface area contributed by atoms with Crippen molar-refractivity contribution >= 4 is 11.7 Å². The number of carbonyl (C=O) groups is 1. The van der Waals surface area contributed by atoms with Gasteiger partial charge in [-0.15, -0.1) is 0 Å². The van der Waals surface area contributed by atoms with Gasteiger partial charge >= 0.3 is 5.97 Å². The van der Waals surface area contributed by atoms with Gasteiger partial charge in [0.2, 0.25) is 0 Å². The Balaban J connectivity index is 2.05. The van der Waals surface area contributed by atoms with Gasteiger partial charge in [-0.25, -0.2) is 9.18 Å². The normalized spacial score (nSPS) is 10.6. The van der Waals surface area contributed by atoms with E-state index in [4.69, 9.17) is 0 Å². The highest BCUT2D eigenvalue weighted by molar-refractivity contribution is 5.94. The Morgan fingerprint density at radius 1 is 0.875 bits per heavy atom. The Kier molecular flexibility index (Phi) is 4.57. The fraction of sp³-hybridized carbons (Fsp3) is 0.0500. The van der Waals surface area contributed by atoms with Crippen LogP contribution in [0.5, 0.6) is 0 Å². The van der Waals surface area contributed by atoms with Crippen molar-refractivity contribution in [2.24, 2.45) is 0 Å². The van der Waals surface area contributed by atoms with Gasteiger partial charge < -0.3 is 10.4 Å². The first-order valence-corrected chi connectivity index (χ1v) is 7.54. The molecule has 0 aliphatic rings. The standard InChI is InChI=1S/C20H16FNO2/c21-16-11-12-17(20(23)24)18(13-16)22-19(14-7-3-1-4-8-14)15-9-5-2-6-10-15/h1-13,19,22H,(H,23,24). The van der Waals surface area contributed by atoms with Gasteiger partial charge in [-0.05, 0) is 29.3 Å². The quantitative estimate of drug-likeness (QED) is 0.714. The SMILES string of the molecule is O=C(O)c1ccc(F)cc1NC(c1ccccc1)c1ccccc1. The lowest BCUT2D eigenvalue weighted by Crippen LogP contribution is -2.15. The van der Waals surface area contributed by atoms with Crippen molar-refractivity contribution in [1.29, 1.82) is 0 Å². The maximum absolute atomic E-state index is 13.6. The molecule has 3 nitrogen and oxygen atoms in total. The van der Waals surface area contributed by atoms with Crippen molar-refractivity contribution < 1.29 is 14.3 Å². The molecule has 24 heavy (non-hydrogen) atoms. The molecule has 0 spiro atoms. The van der Waals surface area contributed by atoms with Crippen molar-refractivity contribution in [3.05, 3.63) is 101 Å². The molecule has 0 atom stereocenters. The van der Waals surface area contributed by atoms with Crippen LogP contribution in [0, 0.1) is 5.82 Å². The molecular weight excluding hydrogens is 305 g/mol. The highest BCUT2D eigenvalue weighted by Crippen LogP contribution is 2.29. The number of hydrogen-bond donors (Lipinski definition) is 2. The molecule has 0 fully saturated rings. The number of carboxylic acids is 1. The van der Waals surface area contributed by atoms with E-state index in [-0.39, 0.29) is 17.3 Å². The van der Waals surface area contributed by atoms with E-state index in [1.165, 1.54) is 12.1 Å². The van der Waals surface area contributed by atoms with Crippen LogP contribution in [0.4, 0.5) is 10.1 Å². The molecule has 120 valence electrons. The van der Waals surface area contributed by atoms with E-state index in [1.807, 2.05) is 60.7 Å².